The minimum atomic E-state index is -3.37. The van der Waals surface area contributed by atoms with E-state index in [-0.39, 0.29) is 6.54 Å². The second-order valence-corrected chi connectivity index (χ2v) is 3.61. The molecular formula is C4H12N2O3S. The van der Waals surface area contributed by atoms with Crippen LogP contribution >= 0.6 is 0 Å². The molecule has 0 spiro atoms. The highest BCUT2D eigenvalue weighted by atomic mass is 32.2. The molecule has 0 radical (unpaired) electrons. The Balaban J connectivity index is 3.70. The van der Waals surface area contributed by atoms with Gasteiger partial charge in [0.2, 0.25) is 0 Å². The quantitative estimate of drug-likeness (QED) is 0.474. The number of hydrogen-bond acceptors (Lipinski definition) is 3. The van der Waals surface area contributed by atoms with Crippen LogP contribution in [0.15, 0.2) is 0 Å². The first kappa shape index (κ1) is 9.83. The van der Waals surface area contributed by atoms with Crippen molar-refractivity contribution in [1.29, 1.82) is 0 Å². The Morgan fingerprint density at radius 2 is 2.10 bits per heavy atom. The third-order valence-electron chi connectivity index (χ3n) is 0.837. The second-order valence-electron chi connectivity index (χ2n) is 1.91. The minimum absolute atomic E-state index is 0.0309. The van der Waals surface area contributed by atoms with Gasteiger partial charge in [0.05, 0.1) is 6.10 Å². The highest BCUT2D eigenvalue weighted by Crippen LogP contribution is 1.77. The lowest BCUT2D eigenvalue weighted by molar-refractivity contribution is 0.198. The lowest BCUT2D eigenvalue weighted by Crippen LogP contribution is -2.37. The maximum absolute atomic E-state index is 10.6. The number of aliphatic hydroxyl groups excluding tert-OH is 1. The van der Waals surface area contributed by atoms with Crippen LogP contribution in [0.1, 0.15) is 6.92 Å². The van der Waals surface area contributed by atoms with Gasteiger partial charge in [-0.1, -0.05) is 0 Å². The smallest absolute Gasteiger partial charge is 0.276 e. The van der Waals surface area contributed by atoms with Gasteiger partial charge in [0.25, 0.3) is 10.2 Å². The molecule has 0 aromatic carbocycles. The van der Waals surface area contributed by atoms with Crippen LogP contribution in [-0.4, -0.2) is 33.2 Å². The van der Waals surface area contributed by atoms with Gasteiger partial charge in [-0.2, -0.15) is 13.1 Å². The summed E-state index contributed by atoms with van der Waals surface area (Å²) in [7, 11) is -2.08. The molecule has 0 aliphatic heterocycles. The molecule has 1 atom stereocenters. The fraction of sp³-hybridized carbons (Fsp3) is 1.00. The Labute approximate surface area is 60.6 Å². The topological polar surface area (TPSA) is 78.4 Å². The van der Waals surface area contributed by atoms with Gasteiger partial charge in [-0.15, -0.1) is 0 Å². The SMILES string of the molecule is CNS(=O)(=O)NC[C@H](C)O. The van der Waals surface area contributed by atoms with Gasteiger partial charge in [0, 0.05) is 13.6 Å². The normalized spacial score (nSPS) is 15.1. The molecule has 6 heteroatoms. The molecule has 0 heterocycles. The van der Waals surface area contributed by atoms with Crippen LogP contribution in [0.5, 0.6) is 0 Å². The Kier molecular flexibility index (Phi) is 3.80. The van der Waals surface area contributed by atoms with Crippen LogP contribution in [0.2, 0.25) is 0 Å². The molecule has 3 N–H and O–H groups in total. The Hall–Kier alpha value is -0.170. The van der Waals surface area contributed by atoms with Crippen molar-refractivity contribution < 1.29 is 13.5 Å². The van der Waals surface area contributed by atoms with Gasteiger partial charge in [-0.05, 0) is 6.92 Å². The molecule has 5 nitrogen and oxygen atoms in total. The molecule has 0 saturated carbocycles. The van der Waals surface area contributed by atoms with Gasteiger partial charge in [-0.25, -0.2) is 4.72 Å². The lowest BCUT2D eigenvalue weighted by atomic mass is 10.4. The molecular weight excluding hydrogens is 156 g/mol. The van der Waals surface area contributed by atoms with Crippen molar-refractivity contribution in [2.24, 2.45) is 0 Å². The van der Waals surface area contributed by atoms with Crippen molar-refractivity contribution in [3.05, 3.63) is 0 Å². The van der Waals surface area contributed by atoms with Gasteiger partial charge >= 0.3 is 0 Å². The van der Waals surface area contributed by atoms with E-state index in [1.165, 1.54) is 14.0 Å². The zero-order valence-corrected chi connectivity index (χ0v) is 6.77. The van der Waals surface area contributed by atoms with Gasteiger partial charge in [0.1, 0.15) is 0 Å². The Morgan fingerprint density at radius 3 is 2.40 bits per heavy atom. The molecule has 0 saturated heterocycles. The van der Waals surface area contributed by atoms with E-state index in [0.29, 0.717) is 0 Å². The van der Waals surface area contributed by atoms with Crippen molar-refractivity contribution in [2.45, 2.75) is 13.0 Å². The number of aliphatic hydroxyl groups is 1. The van der Waals surface area contributed by atoms with Crippen molar-refractivity contribution in [3.8, 4) is 0 Å². The zero-order valence-electron chi connectivity index (χ0n) is 5.96. The summed E-state index contributed by atoms with van der Waals surface area (Å²) >= 11 is 0. The fourth-order valence-electron chi connectivity index (χ4n) is 0.302. The molecule has 0 aromatic heterocycles. The van der Waals surface area contributed by atoms with E-state index in [9.17, 15) is 8.42 Å². The fourth-order valence-corrected chi connectivity index (χ4v) is 0.907. The summed E-state index contributed by atoms with van der Waals surface area (Å²) < 4.78 is 25.3. The standard InChI is InChI=1S/C4H12N2O3S/c1-4(7)3-6-10(8,9)5-2/h4-7H,3H2,1-2H3/t4-/m0/s1. The van der Waals surface area contributed by atoms with Crippen molar-refractivity contribution in [2.75, 3.05) is 13.6 Å². The predicted octanol–water partition coefficient (Wildman–Crippen LogP) is -1.58. The van der Waals surface area contributed by atoms with E-state index in [1.807, 2.05) is 4.72 Å². The number of nitrogens with one attached hydrogen (secondary N) is 2. The summed E-state index contributed by atoms with van der Waals surface area (Å²) in [6.07, 6.45) is -0.664. The molecule has 0 aliphatic carbocycles. The molecule has 0 amide bonds. The van der Waals surface area contributed by atoms with Gasteiger partial charge in [-0.3, -0.25) is 0 Å². The summed E-state index contributed by atoms with van der Waals surface area (Å²) in [5.74, 6) is 0. The van der Waals surface area contributed by atoms with E-state index in [2.05, 4.69) is 4.72 Å². The van der Waals surface area contributed by atoms with E-state index in [0.717, 1.165) is 0 Å². The van der Waals surface area contributed by atoms with Gasteiger partial charge in [0.15, 0.2) is 0 Å². The third kappa shape index (κ3) is 4.68. The zero-order chi connectivity index (χ0) is 8.20. The van der Waals surface area contributed by atoms with Crippen molar-refractivity contribution in [3.63, 3.8) is 0 Å². The summed E-state index contributed by atoms with van der Waals surface area (Å²) in [6, 6.07) is 0. The molecule has 0 aromatic rings. The second kappa shape index (κ2) is 3.87. The lowest BCUT2D eigenvalue weighted by Gasteiger charge is -2.05. The number of hydrogen-bond donors (Lipinski definition) is 3. The average molecular weight is 168 g/mol. The highest BCUT2D eigenvalue weighted by Gasteiger charge is 2.05. The van der Waals surface area contributed by atoms with E-state index in [4.69, 9.17) is 5.11 Å². The average Bonchev–Trinajstić information content (AvgIpc) is 1.85. The van der Waals surface area contributed by atoms with Crippen LogP contribution in [0.3, 0.4) is 0 Å². The van der Waals surface area contributed by atoms with Crippen LogP contribution in [0.4, 0.5) is 0 Å². The van der Waals surface area contributed by atoms with Crippen molar-refractivity contribution in [1.82, 2.24) is 9.44 Å². The van der Waals surface area contributed by atoms with E-state index >= 15 is 0 Å². The largest absolute Gasteiger partial charge is 0.392 e. The van der Waals surface area contributed by atoms with Crippen LogP contribution in [-0.2, 0) is 10.2 Å². The Morgan fingerprint density at radius 1 is 1.60 bits per heavy atom. The molecule has 0 bridgehead atoms. The first-order valence-corrected chi connectivity index (χ1v) is 4.32. The predicted molar refractivity (Wildman–Crippen MR) is 37.7 cm³/mol. The molecule has 0 rings (SSSR count). The molecule has 62 valence electrons. The third-order valence-corrected chi connectivity index (χ3v) is 1.92. The van der Waals surface area contributed by atoms with E-state index in [1.54, 1.807) is 0 Å². The maximum atomic E-state index is 10.6. The van der Waals surface area contributed by atoms with Crippen LogP contribution in [0, 0.1) is 0 Å². The monoisotopic (exact) mass is 168 g/mol. The maximum Gasteiger partial charge on any atom is 0.276 e. The first-order valence-electron chi connectivity index (χ1n) is 2.84. The summed E-state index contributed by atoms with van der Waals surface area (Å²) in [5.41, 5.74) is 0. The summed E-state index contributed by atoms with van der Waals surface area (Å²) in [5, 5.41) is 8.66. The Bertz CT molecular complexity index is 175. The summed E-state index contributed by atoms with van der Waals surface area (Å²) in [4.78, 5) is 0. The minimum Gasteiger partial charge on any atom is -0.392 e. The summed E-state index contributed by atoms with van der Waals surface area (Å²) in [6.45, 7) is 1.53. The molecule has 10 heavy (non-hydrogen) atoms. The van der Waals surface area contributed by atoms with Crippen molar-refractivity contribution >= 4 is 10.2 Å². The first-order chi connectivity index (χ1) is 4.48. The van der Waals surface area contributed by atoms with Crippen LogP contribution in [0.25, 0.3) is 0 Å². The van der Waals surface area contributed by atoms with E-state index < -0.39 is 16.3 Å². The number of rotatable bonds is 4. The van der Waals surface area contributed by atoms with Crippen LogP contribution < -0.4 is 9.44 Å². The highest BCUT2D eigenvalue weighted by molar-refractivity contribution is 7.87. The van der Waals surface area contributed by atoms with Gasteiger partial charge < -0.3 is 5.11 Å². The molecule has 0 aliphatic rings. The molecule has 0 fully saturated rings. The molecule has 0 unspecified atom stereocenters.